The van der Waals surface area contributed by atoms with Crippen LogP contribution in [0.3, 0.4) is 0 Å². The predicted octanol–water partition coefficient (Wildman–Crippen LogP) is 1.63. The van der Waals surface area contributed by atoms with Crippen LogP contribution in [0, 0.1) is 5.92 Å². The predicted molar refractivity (Wildman–Crippen MR) is 144 cm³/mol. The van der Waals surface area contributed by atoms with Gasteiger partial charge in [0.05, 0.1) is 16.0 Å². The van der Waals surface area contributed by atoms with Crippen molar-refractivity contribution in [3.8, 4) is 5.75 Å². The molecule has 1 aliphatic carbocycles. The molecule has 47 heavy (non-hydrogen) atoms. The van der Waals surface area contributed by atoms with Gasteiger partial charge in [-0.2, -0.15) is 30.6 Å². The number of sulfonamides is 1. The van der Waals surface area contributed by atoms with Gasteiger partial charge in [0.15, 0.2) is 6.10 Å². The van der Waals surface area contributed by atoms with Crippen LogP contribution in [0.5, 0.6) is 5.75 Å². The number of carboxylic acids is 1. The van der Waals surface area contributed by atoms with Gasteiger partial charge in [-0.1, -0.05) is 12.1 Å². The Balaban J connectivity index is 1.28. The summed E-state index contributed by atoms with van der Waals surface area (Å²) in [7, 11) is -4.65. The van der Waals surface area contributed by atoms with Crippen molar-refractivity contribution in [1.82, 2.24) is 9.21 Å². The first-order valence-electron chi connectivity index (χ1n) is 14.1. The van der Waals surface area contributed by atoms with Gasteiger partial charge in [-0.05, 0) is 42.2 Å². The molecule has 2 saturated heterocycles. The number of amides is 1. The van der Waals surface area contributed by atoms with E-state index in [2.05, 4.69) is 0 Å². The lowest BCUT2D eigenvalue weighted by atomic mass is 9.99. The Morgan fingerprint density at radius 1 is 0.830 bits per heavy atom. The number of piperazine rings is 1. The van der Waals surface area contributed by atoms with Crippen molar-refractivity contribution in [3.05, 3.63) is 59.2 Å². The highest BCUT2D eigenvalue weighted by Gasteiger charge is 2.49. The molecule has 19 heteroatoms. The normalized spacial score (nSPS) is 29.0. The number of ether oxygens (including phenoxy) is 2. The fraction of sp³-hybridized carbons (Fsp3) is 0.500. The largest absolute Gasteiger partial charge is 0.479 e. The van der Waals surface area contributed by atoms with Crippen LogP contribution in [0.2, 0.25) is 0 Å². The lowest BCUT2D eigenvalue weighted by Gasteiger charge is -2.38. The molecule has 3 unspecified atom stereocenters. The van der Waals surface area contributed by atoms with Gasteiger partial charge in [0.2, 0.25) is 22.2 Å². The van der Waals surface area contributed by atoms with Gasteiger partial charge in [-0.3, -0.25) is 4.79 Å². The number of hydrogen-bond donors (Lipinski definition) is 4. The highest BCUT2D eigenvalue weighted by Crippen LogP contribution is 2.49. The van der Waals surface area contributed by atoms with E-state index in [-0.39, 0.29) is 38.0 Å². The summed E-state index contributed by atoms with van der Waals surface area (Å²) in [5.74, 6) is -3.75. The van der Waals surface area contributed by atoms with E-state index in [1.54, 1.807) is 0 Å². The lowest BCUT2D eigenvalue weighted by molar-refractivity contribution is -0.271. The van der Waals surface area contributed by atoms with E-state index >= 15 is 0 Å². The number of aliphatic hydroxyl groups is 3. The summed E-state index contributed by atoms with van der Waals surface area (Å²) in [5, 5.41) is 39.2. The SMILES string of the molecule is O=C(O)[C@H]1OC(Oc2cc(C(F)(F)F)cc(S(=O)(=O)N3CCN(C(=O)C4CC4c4ccc(C(F)(F)F)cc4)CC3)c2)[C@H](O)[C@H](O)[C@H]1O. The van der Waals surface area contributed by atoms with Crippen LogP contribution >= 0.6 is 0 Å². The maximum absolute atomic E-state index is 13.8. The molecule has 7 atom stereocenters. The van der Waals surface area contributed by atoms with Gasteiger partial charge < -0.3 is 34.8 Å². The average molecular weight is 699 g/mol. The molecule has 2 aromatic carbocycles. The van der Waals surface area contributed by atoms with E-state index < -0.39 is 86.7 Å². The molecule has 0 bridgehead atoms. The highest BCUT2D eigenvalue weighted by atomic mass is 32.2. The first-order valence-corrected chi connectivity index (χ1v) is 15.5. The third kappa shape index (κ3) is 7.19. The molecule has 4 N–H and O–H groups in total. The van der Waals surface area contributed by atoms with E-state index in [0.717, 1.165) is 16.4 Å². The number of carbonyl (C=O) groups is 2. The zero-order valence-electron chi connectivity index (χ0n) is 23.9. The van der Waals surface area contributed by atoms with Gasteiger partial charge >= 0.3 is 18.3 Å². The Hall–Kier alpha value is -3.49. The molecular formula is C28H28F6N2O10S. The molecule has 0 spiro atoms. The first-order chi connectivity index (χ1) is 21.8. The third-order valence-electron chi connectivity index (χ3n) is 8.23. The molecule has 12 nitrogen and oxygen atoms in total. The summed E-state index contributed by atoms with van der Waals surface area (Å²) in [6.45, 7) is -0.828. The van der Waals surface area contributed by atoms with E-state index in [9.17, 15) is 64.8 Å². The lowest BCUT2D eigenvalue weighted by Crippen LogP contribution is -2.61. The Labute approximate surface area is 262 Å². The van der Waals surface area contributed by atoms with Crippen LogP contribution in [0.25, 0.3) is 0 Å². The molecule has 2 aromatic rings. The van der Waals surface area contributed by atoms with Crippen LogP contribution in [0.1, 0.15) is 29.0 Å². The summed E-state index contributed by atoms with van der Waals surface area (Å²) in [4.78, 5) is 24.9. The number of carboxylic acid groups (broad SMARTS) is 1. The molecule has 5 rings (SSSR count). The first kappa shape index (κ1) is 34.8. The van der Waals surface area contributed by atoms with Crippen molar-refractivity contribution in [1.29, 1.82) is 0 Å². The molecular weight excluding hydrogens is 670 g/mol. The molecule has 2 heterocycles. The van der Waals surface area contributed by atoms with Crippen molar-refractivity contribution in [2.24, 2.45) is 5.92 Å². The van der Waals surface area contributed by atoms with Gasteiger partial charge in [0, 0.05) is 38.2 Å². The molecule has 1 saturated carbocycles. The standard InChI is InChI=1S/C28H28F6N2O10S/c29-27(30,31)14-3-1-13(2-4-14)18-12-19(18)24(40)35-5-7-36(8-6-35)47(43,44)17-10-15(28(32,33)34)9-16(11-17)45-26-22(39)20(37)21(38)23(46-26)25(41)42/h1-4,9-11,18-23,26,37-39H,5-8,12H2,(H,41,42)/t18?,19?,20-,21-,22-,23+,26?/m1/s1. The number of benzene rings is 2. The monoisotopic (exact) mass is 698 g/mol. The van der Waals surface area contributed by atoms with Gasteiger partial charge in [-0.15, -0.1) is 0 Å². The highest BCUT2D eigenvalue weighted by molar-refractivity contribution is 7.89. The average Bonchev–Trinajstić information content (AvgIpc) is 3.81. The summed E-state index contributed by atoms with van der Waals surface area (Å²) in [5.41, 5.74) is -1.76. The van der Waals surface area contributed by atoms with E-state index in [0.29, 0.717) is 30.2 Å². The zero-order valence-corrected chi connectivity index (χ0v) is 24.7. The van der Waals surface area contributed by atoms with Crippen LogP contribution in [0.4, 0.5) is 26.3 Å². The summed E-state index contributed by atoms with van der Waals surface area (Å²) in [6, 6.07) is 5.85. The molecule has 258 valence electrons. The third-order valence-corrected chi connectivity index (χ3v) is 10.1. The number of carbonyl (C=O) groups excluding carboxylic acids is 1. The number of rotatable bonds is 7. The van der Waals surface area contributed by atoms with Crippen LogP contribution in [-0.2, 0) is 36.7 Å². The number of halogens is 6. The Bertz CT molecular complexity index is 1610. The summed E-state index contributed by atoms with van der Waals surface area (Å²) in [6.07, 6.45) is -19.8. The Kier molecular flexibility index (Phi) is 9.27. The van der Waals surface area contributed by atoms with Crippen molar-refractivity contribution < 1.29 is 74.2 Å². The van der Waals surface area contributed by atoms with Gasteiger partial charge in [0.1, 0.15) is 24.1 Å². The topological polar surface area (TPSA) is 174 Å². The minimum absolute atomic E-state index is 0.116. The maximum Gasteiger partial charge on any atom is 0.416 e. The molecule has 3 fully saturated rings. The number of alkyl halides is 6. The van der Waals surface area contributed by atoms with Crippen molar-refractivity contribution in [2.75, 3.05) is 26.2 Å². The minimum atomic E-state index is -5.09. The molecule has 0 aromatic heterocycles. The van der Waals surface area contributed by atoms with Crippen molar-refractivity contribution in [2.45, 2.75) is 60.3 Å². The van der Waals surface area contributed by atoms with Crippen LogP contribution in [0.15, 0.2) is 47.4 Å². The van der Waals surface area contributed by atoms with E-state index in [1.165, 1.54) is 17.0 Å². The van der Waals surface area contributed by atoms with Gasteiger partial charge in [-0.25, -0.2) is 13.2 Å². The Morgan fingerprint density at radius 2 is 1.43 bits per heavy atom. The molecule has 1 amide bonds. The second-order valence-corrected chi connectivity index (χ2v) is 13.3. The number of aliphatic carboxylic acids is 1. The van der Waals surface area contributed by atoms with Crippen LogP contribution in [-0.4, -0.2) is 107 Å². The molecule has 0 radical (unpaired) electrons. The molecule has 2 aliphatic heterocycles. The van der Waals surface area contributed by atoms with E-state index in [1.807, 2.05) is 0 Å². The van der Waals surface area contributed by atoms with Gasteiger partial charge in [0.25, 0.3) is 0 Å². The number of hydrogen-bond acceptors (Lipinski definition) is 9. The van der Waals surface area contributed by atoms with Crippen molar-refractivity contribution in [3.63, 3.8) is 0 Å². The van der Waals surface area contributed by atoms with Crippen LogP contribution < -0.4 is 4.74 Å². The fourth-order valence-electron chi connectivity index (χ4n) is 5.52. The number of aliphatic hydroxyl groups excluding tert-OH is 3. The second-order valence-electron chi connectivity index (χ2n) is 11.3. The summed E-state index contributed by atoms with van der Waals surface area (Å²) >= 11 is 0. The van der Waals surface area contributed by atoms with Crippen molar-refractivity contribution >= 4 is 21.9 Å². The second kappa shape index (κ2) is 12.5. The van der Waals surface area contributed by atoms with E-state index in [4.69, 9.17) is 9.47 Å². The minimum Gasteiger partial charge on any atom is -0.479 e. The smallest absolute Gasteiger partial charge is 0.416 e. The Morgan fingerprint density at radius 3 is 1.98 bits per heavy atom. The maximum atomic E-state index is 13.8. The fourth-order valence-corrected chi connectivity index (χ4v) is 7.01. The zero-order chi connectivity index (χ0) is 34.6. The number of nitrogens with zero attached hydrogens (tertiary/aromatic N) is 2. The summed E-state index contributed by atoms with van der Waals surface area (Å²) < 4.78 is 118. The quantitative estimate of drug-likeness (QED) is 0.312. The molecule has 3 aliphatic rings.